The minimum Gasteiger partial charge on any atom is -0.480 e. The number of carbonyl (C=O) groups is 1. The molecule has 0 spiro atoms. The van der Waals surface area contributed by atoms with E-state index in [1.54, 1.807) is 11.8 Å². The number of rotatable bonds is 5. The van der Waals surface area contributed by atoms with Gasteiger partial charge in [-0.1, -0.05) is 33.1 Å². The zero-order chi connectivity index (χ0) is 11.3. The summed E-state index contributed by atoms with van der Waals surface area (Å²) in [5.74, 6) is 0.160. The van der Waals surface area contributed by atoms with Crippen molar-refractivity contribution in [2.24, 2.45) is 5.92 Å². The third kappa shape index (κ3) is 4.45. The van der Waals surface area contributed by atoms with Crippen molar-refractivity contribution in [3.05, 3.63) is 0 Å². The molecule has 0 bridgehead atoms. The Morgan fingerprint density at radius 2 is 2.27 bits per heavy atom. The molecule has 0 radical (unpaired) electrons. The van der Waals surface area contributed by atoms with Crippen molar-refractivity contribution in [3.8, 4) is 0 Å². The molecule has 0 heterocycles. The lowest BCUT2D eigenvalue weighted by Crippen LogP contribution is -2.23. The molecule has 88 valence electrons. The van der Waals surface area contributed by atoms with Gasteiger partial charge >= 0.3 is 5.97 Å². The summed E-state index contributed by atoms with van der Waals surface area (Å²) in [5.41, 5.74) is 0. The fraction of sp³-hybridized carbons (Fsp3) is 0.917. The molecule has 1 saturated carbocycles. The Hall–Kier alpha value is -0.180. The molecule has 1 aliphatic carbocycles. The van der Waals surface area contributed by atoms with Gasteiger partial charge in [0, 0.05) is 5.25 Å². The summed E-state index contributed by atoms with van der Waals surface area (Å²) >= 11 is 1.70. The van der Waals surface area contributed by atoms with Crippen LogP contribution in [-0.4, -0.2) is 21.6 Å². The van der Waals surface area contributed by atoms with Gasteiger partial charge in [0.25, 0.3) is 0 Å². The quantitative estimate of drug-likeness (QED) is 0.784. The number of hydrogen-bond donors (Lipinski definition) is 1. The van der Waals surface area contributed by atoms with Crippen molar-refractivity contribution in [2.75, 3.05) is 0 Å². The molecular weight excluding hydrogens is 208 g/mol. The molecule has 15 heavy (non-hydrogen) atoms. The average molecular weight is 230 g/mol. The fourth-order valence-corrected chi connectivity index (χ4v) is 3.94. The molecule has 1 N–H and O–H groups in total. The lowest BCUT2D eigenvalue weighted by atomic mass is 9.91. The zero-order valence-electron chi connectivity index (χ0n) is 9.74. The zero-order valence-corrected chi connectivity index (χ0v) is 10.6. The van der Waals surface area contributed by atoms with Gasteiger partial charge in [0.15, 0.2) is 0 Å². The summed E-state index contributed by atoms with van der Waals surface area (Å²) < 4.78 is 0. The van der Waals surface area contributed by atoms with E-state index >= 15 is 0 Å². The van der Waals surface area contributed by atoms with Crippen molar-refractivity contribution < 1.29 is 9.90 Å². The summed E-state index contributed by atoms with van der Waals surface area (Å²) in [6, 6.07) is 0. The van der Waals surface area contributed by atoms with Gasteiger partial charge in [-0.25, -0.2) is 0 Å². The first kappa shape index (κ1) is 12.9. The average Bonchev–Trinajstić information content (AvgIpc) is 2.17. The van der Waals surface area contributed by atoms with Gasteiger partial charge in [-0.15, -0.1) is 11.8 Å². The number of carboxylic acids is 1. The Bertz CT molecular complexity index is 206. The van der Waals surface area contributed by atoms with Crippen molar-refractivity contribution in [2.45, 2.75) is 62.9 Å². The van der Waals surface area contributed by atoms with E-state index in [2.05, 4.69) is 13.8 Å². The number of thioether (sulfide) groups is 1. The molecule has 0 aromatic rings. The highest BCUT2D eigenvalue weighted by Crippen LogP contribution is 2.35. The second kappa shape index (κ2) is 6.41. The first-order valence-corrected chi connectivity index (χ1v) is 6.96. The number of aliphatic carboxylic acids is 1. The van der Waals surface area contributed by atoms with Gasteiger partial charge in [-0.2, -0.15) is 0 Å². The Morgan fingerprint density at radius 1 is 1.53 bits per heavy atom. The van der Waals surface area contributed by atoms with Gasteiger partial charge in [-0.3, -0.25) is 4.79 Å². The van der Waals surface area contributed by atoms with E-state index in [1.807, 2.05) is 0 Å². The first-order valence-electron chi connectivity index (χ1n) is 6.01. The van der Waals surface area contributed by atoms with Crippen LogP contribution in [0.5, 0.6) is 0 Å². The fourth-order valence-electron chi connectivity index (χ4n) is 2.25. The predicted octanol–water partition coefficient (Wildman–Crippen LogP) is 3.55. The summed E-state index contributed by atoms with van der Waals surface area (Å²) in [5, 5.41) is 9.49. The molecule has 0 aliphatic heterocycles. The Morgan fingerprint density at radius 3 is 2.80 bits per heavy atom. The standard InChI is InChI=1S/C12H22O2S/c1-3-5-11(12(13)14)15-10-7-4-6-9(2)8-10/h9-11H,3-8H2,1-2H3,(H,13,14). The Balaban J connectivity index is 2.39. The number of hydrogen-bond acceptors (Lipinski definition) is 2. The van der Waals surface area contributed by atoms with Crippen LogP contribution in [0.4, 0.5) is 0 Å². The van der Waals surface area contributed by atoms with Crippen LogP contribution in [0.15, 0.2) is 0 Å². The summed E-state index contributed by atoms with van der Waals surface area (Å²) in [7, 11) is 0. The normalized spacial score (nSPS) is 28.7. The molecule has 2 nitrogen and oxygen atoms in total. The lowest BCUT2D eigenvalue weighted by Gasteiger charge is -2.28. The van der Waals surface area contributed by atoms with E-state index in [1.165, 1.54) is 25.7 Å². The minimum atomic E-state index is -0.625. The smallest absolute Gasteiger partial charge is 0.316 e. The van der Waals surface area contributed by atoms with E-state index in [4.69, 9.17) is 5.11 Å². The van der Waals surface area contributed by atoms with E-state index in [9.17, 15) is 4.79 Å². The minimum absolute atomic E-state index is 0.176. The molecule has 3 atom stereocenters. The highest BCUT2D eigenvalue weighted by molar-refractivity contribution is 8.01. The second-order valence-corrected chi connectivity index (χ2v) is 6.15. The third-order valence-electron chi connectivity index (χ3n) is 3.07. The summed E-state index contributed by atoms with van der Waals surface area (Å²) in [6.45, 7) is 4.34. The molecule has 1 rings (SSSR count). The van der Waals surface area contributed by atoms with Crippen molar-refractivity contribution >= 4 is 17.7 Å². The van der Waals surface area contributed by atoms with Crippen LogP contribution in [0.1, 0.15) is 52.4 Å². The van der Waals surface area contributed by atoms with E-state index in [0.29, 0.717) is 5.25 Å². The van der Waals surface area contributed by atoms with Gasteiger partial charge in [-0.05, 0) is 25.2 Å². The van der Waals surface area contributed by atoms with Gasteiger partial charge in [0.2, 0.25) is 0 Å². The van der Waals surface area contributed by atoms with Gasteiger partial charge < -0.3 is 5.11 Å². The molecule has 3 unspecified atom stereocenters. The molecular formula is C12H22O2S. The SMILES string of the molecule is CCCC(SC1CCCC(C)C1)C(=O)O. The summed E-state index contributed by atoms with van der Waals surface area (Å²) in [4.78, 5) is 11.0. The van der Waals surface area contributed by atoms with E-state index in [-0.39, 0.29) is 5.25 Å². The monoisotopic (exact) mass is 230 g/mol. The molecule has 0 aromatic heterocycles. The van der Waals surface area contributed by atoms with E-state index < -0.39 is 5.97 Å². The van der Waals surface area contributed by atoms with Crippen LogP contribution < -0.4 is 0 Å². The van der Waals surface area contributed by atoms with Crippen LogP contribution in [0.25, 0.3) is 0 Å². The molecule has 1 fully saturated rings. The topological polar surface area (TPSA) is 37.3 Å². The molecule has 0 amide bonds. The highest BCUT2D eigenvalue weighted by atomic mass is 32.2. The largest absolute Gasteiger partial charge is 0.480 e. The van der Waals surface area contributed by atoms with Gasteiger partial charge in [0.05, 0.1) is 0 Å². The first-order chi connectivity index (χ1) is 7.13. The van der Waals surface area contributed by atoms with Crippen molar-refractivity contribution in [1.82, 2.24) is 0 Å². The maximum absolute atomic E-state index is 11.0. The van der Waals surface area contributed by atoms with Crippen LogP contribution >= 0.6 is 11.8 Å². The molecule has 0 saturated heterocycles. The van der Waals surface area contributed by atoms with Crippen LogP contribution in [0, 0.1) is 5.92 Å². The predicted molar refractivity (Wildman–Crippen MR) is 65.3 cm³/mol. The number of carboxylic acid groups (broad SMARTS) is 1. The van der Waals surface area contributed by atoms with Gasteiger partial charge in [0.1, 0.15) is 5.25 Å². The van der Waals surface area contributed by atoms with E-state index in [0.717, 1.165) is 18.8 Å². The Kier molecular flexibility index (Phi) is 5.51. The van der Waals surface area contributed by atoms with Crippen LogP contribution in [-0.2, 0) is 4.79 Å². The second-order valence-electron chi connectivity index (χ2n) is 4.65. The molecule has 3 heteroatoms. The molecule has 0 aromatic carbocycles. The lowest BCUT2D eigenvalue weighted by molar-refractivity contribution is -0.136. The highest BCUT2D eigenvalue weighted by Gasteiger charge is 2.25. The Labute approximate surface area is 96.8 Å². The van der Waals surface area contributed by atoms with Crippen molar-refractivity contribution in [1.29, 1.82) is 0 Å². The maximum atomic E-state index is 11.0. The third-order valence-corrected chi connectivity index (χ3v) is 4.65. The summed E-state index contributed by atoms with van der Waals surface area (Å²) in [6.07, 6.45) is 6.79. The van der Waals surface area contributed by atoms with Crippen LogP contribution in [0.3, 0.4) is 0 Å². The van der Waals surface area contributed by atoms with Crippen molar-refractivity contribution in [3.63, 3.8) is 0 Å². The maximum Gasteiger partial charge on any atom is 0.316 e. The molecule has 1 aliphatic rings. The van der Waals surface area contributed by atoms with Crippen LogP contribution in [0.2, 0.25) is 0 Å².